The maximum absolute atomic E-state index is 12.4. The number of unbranched alkanes of at least 4 members (excludes halogenated alkanes) is 6. The van der Waals surface area contributed by atoms with Gasteiger partial charge in [-0.2, -0.15) is 0 Å². The van der Waals surface area contributed by atoms with Crippen LogP contribution in [0.3, 0.4) is 0 Å². The number of rotatable bonds is 11. The van der Waals surface area contributed by atoms with Crippen molar-refractivity contribution in [2.75, 3.05) is 26.2 Å². The average Bonchev–Trinajstić information content (AvgIpc) is 2.85. The van der Waals surface area contributed by atoms with Crippen LogP contribution in [0.15, 0.2) is 0 Å². The highest BCUT2D eigenvalue weighted by atomic mass is 16.6. The molecular weight excluding hydrogens is 336 g/mol. The molecule has 0 N–H and O–H groups in total. The summed E-state index contributed by atoms with van der Waals surface area (Å²) in [5, 5.41) is 0. The second kappa shape index (κ2) is 13.4. The molecule has 0 atom stereocenters. The maximum Gasteiger partial charge on any atom is 0.410 e. The van der Waals surface area contributed by atoms with Crippen LogP contribution in [0.1, 0.15) is 105 Å². The summed E-state index contributed by atoms with van der Waals surface area (Å²) >= 11 is 0. The van der Waals surface area contributed by atoms with E-state index in [1.807, 2.05) is 25.7 Å². The molecule has 1 aliphatic rings. The van der Waals surface area contributed by atoms with Gasteiger partial charge in [0.15, 0.2) is 0 Å². The number of hydrogen-bond donors (Lipinski definition) is 0. The molecule has 0 aromatic carbocycles. The molecule has 0 bridgehead atoms. The minimum atomic E-state index is -0.413. The predicted molar refractivity (Wildman–Crippen MR) is 115 cm³/mol. The van der Waals surface area contributed by atoms with E-state index < -0.39 is 5.60 Å². The third-order valence-electron chi connectivity index (χ3n) is 5.48. The Morgan fingerprint density at radius 1 is 0.852 bits per heavy atom. The van der Waals surface area contributed by atoms with Gasteiger partial charge in [-0.15, -0.1) is 0 Å². The van der Waals surface area contributed by atoms with Gasteiger partial charge in [0.1, 0.15) is 5.60 Å². The zero-order valence-corrected chi connectivity index (χ0v) is 18.9. The van der Waals surface area contributed by atoms with Gasteiger partial charge < -0.3 is 9.64 Å². The van der Waals surface area contributed by atoms with E-state index in [9.17, 15) is 4.79 Å². The molecule has 160 valence electrons. The molecule has 0 saturated carbocycles. The molecule has 0 spiro atoms. The molecule has 0 aliphatic carbocycles. The standard InChI is InChI=1S/C23H46N2O2/c1-6-8-10-12-15-21(16-13-11-9-7-2)24-17-14-18-25(20-19-24)22(26)27-23(3,4)5/h21H,6-20H2,1-5H3. The Morgan fingerprint density at radius 3 is 1.96 bits per heavy atom. The number of amides is 1. The lowest BCUT2D eigenvalue weighted by molar-refractivity contribution is 0.0254. The fraction of sp³-hybridized carbons (Fsp3) is 0.957. The lowest BCUT2D eigenvalue weighted by atomic mass is 9.99. The molecular formula is C23H46N2O2. The highest BCUT2D eigenvalue weighted by Crippen LogP contribution is 2.20. The van der Waals surface area contributed by atoms with Gasteiger partial charge in [-0.1, -0.05) is 65.2 Å². The Hall–Kier alpha value is -0.770. The first-order valence-electron chi connectivity index (χ1n) is 11.6. The van der Waals surface area contributed by atoms with Crippen LogP contribution in [0.25, 0.3) is 0 Å². The summed E-state index contributed by atoms with van der Waals surface area (Å²) in [4.78, 5) is 17.0. The molecule has 4 heteroatoms. The summed E-state index contributed by atoms with van der Waals surface area (Å²) in [6.07, 6.45) is 14.3. The van der Waals surface area contributed by atoms with Crippen LogP contribution in [0.5, 0.6) is 0 Å². The number of hydrogen-bond acceptors (Lipinski definition) is 3. The van der Waals surface area contributed by atoms with E-state index in [-0.39, 0.29) is 6.09 Å². The first-order valence-corrected chi connectivity index (χ1v) is 11.6. The van der Waals surface area contributed by atoms with Crippen molar-refractivity contribution in [3.63, 3.8) is 0 Å². The topological polar surface area (TPSA) is 32.8 Å². The third-order valence-corrected chi connectivity index (χ3v) is 5.48. The Balaban J connectivity index is 2.54. The maximum atomic E-state index is 12.4. The summed E-state index contributed by atoms with van der Waals surface area (Å²) in [7, 11) is 0. The zero-order chi connectivity index (χ0) is 20.1. The van der Waals surface area contributed by atoms with E-state index >= 15 is 0 Å². The molecule has 0 aromatic heterocycles. The van der Waals surface area contributed by atoms with E-state index in [0.717, 1.165) is 32.6 Å². The van der Waals surface area contributed by atoms with Gasteiger partial charge >= 0.3 is 6.09 Å². The van der Waals surface area contributed by atoms with E-state index in [2.05, 4.69) is 18.7 Å². The molecule has 1 heterocycles. The van der Waals surface area contributed by atoms with Gasteiger partial charge in [-0.3, -0.25) is 4.90 Å². The molecule has 0 unspecified atom stereocenters. The van der Waals surface area contributed by atoms with Crippen LogP contribution in [0, 0.1) is 0 Å². The first-order chi connectivity index (χ1) is 12.9. The van der Waals surface area contributed by atoms with Crippen LogP contribution in [0.4, 0.5) is 4.79 Å². The highest BCUT2D eigenvalue weighted by Gasteiger charge is 2.26. The van der Waals surface area contributed by atoms with Crippen molar-refractivity contribution in [1.29, 1.82) is 0 Å². The Morgan fingerprint density at radius 2 is 1.44 bits per heavy atom. The van der Waals surface area contributed by atoms with Crippen molar-refractivity contribution < 1.29 is 9.53 Å². The lowest BCUT2D eigenvalue weighted by Gasteiger charge is -2.31. The van der Waals surface area contributed by atoms with Crippen LogP contribution in [-0.4, -0.2) is 53.7 Å². The number of nitrogens with zero attached hydrogens (tertiary/aromatic N) is 2. The van der Waals surface area contributed by atoms with Gasteiger partial charge in [0, 0.05) is 32.2 Å². The van der Waals surface area contributed by atoms with E-state index in [4.69, 9.17) is 4.74 Å². The molecule has 1 rings (SSSR count). The molecule has 1 fully saturated rings. The monoisotopic (exact) mass is 382 g/mol. The lowest BCUT2D eigenvalue weighted by Crippen LogP contribution is -2.41. The fourth-order valence-electron chi connectivity index (χ4n) is 3.93. The second-order valence-corrected chi connectivity index (χ2v) is 9.21. The summed E-state index contributed by atoms with van der Waals surface area (Å²) in [5.41, 5.74) is -0.413. The van der Waals surface area contributed by atoms with Gasteiger partial charge in [-0.05, 0) is 40.0 Å². The third kappa shape index (κ3) is 11.0. The summed E-state index contributed by atoms with van der Waals surface area (Å²) in [6, 6.07) is 0.692. The van der Waals surface area contributed by atoms with Crippen LogP contribution in [0.2, 0.25) is 0 Å². The Kier molecular flexibility index (Phi) is 12.1. The van der Waals surface area contributed by atoms with Crippen molar-refractivity contribution in [2.45, 2.75) is 117 Å². The summed E-state index contributed by atoms with van der Waals surface area (Å²) in [6.45, 7) is 14.1. The van der Waals surface area contributed by atoms with Gasteiger partial charge in [-0.25, -0.2) is 4.79 Å². The Bertz CT molecular complexity index is 380. The minimum absolute atomic E-state index is 0.146. The first kappa shape index (κ1) is 24.3. The van der Waals surface area contributed by atoms with Crippen molar-refractivity contribution in [3.8, 4) is 0 Å². The Labute approximate surface area is 169 Å². The molecule has 27 heavy (non-hydrogen) atoms. The fourth-order valence-corrected chi connectivity index (χ4v) is 3.93. The van der Waals surface area contributed by atoms with Crippen LogP contribution >= 0.6 is 0 Å². The van der Waals surface area contributed by atoms with Crippen molar-refractivity contribution >= 4 is 6.09 Å². The summed E-state index contributed by atoms with van der Waals surface area (Å²) < 4.78 is 5.58. The highest BCUT2D eigenvalue weighted by molar-refractivity contribution is 5.68. The van der Waals surface area contributed by atoms with Crippen molar-refractivity contribution in [3.05, 3.63) is 0 Å². The van der Waals surface area contributed by atoms with Crippen LogP contribution < -0.4 is 0 Å². The van der Waals surface area contributed by atoms with Gasteiger partial charge in [0.2, 0.25) is 0 Å². The quantitative estimate of drug-likeness (QED) is 0.397. The second-order valence-electron chi connectivity index (χ2n) is 9.21. The molecule has 1 amide bonds. The van der Waals surface area contributed by atoms with E-state index in [1.54, 1.807) is 0 Å². The summed E-state index contributed by atoms with van der Waals surface area (Å²) in [5.74, 6) is 0. The smallest absolute Gasteiger partial charge is 0.410 e. The molecule has 4 nitrogen and oxygen atoms in total. The minimum Gasteiger partial charge on any atom is -0.444 e. The van der Waals surface area contributed by atoms with Crippen molar-refractivity contribution in [2.24, 2.45) is 0 Å². The van der Waals surface area contributed by atoms with Gasteiger partial charge in [0.25, 0.3) is 0 Å². The molecule has 1 aliphatic heterocycles. The van der Waals surface area contributed by atoms with E-state index in [0.29, 0.717) is 6.04 Å². The van der Waals surface area contributed by atoms with E-state index in [1.165, 1.54) is 64.2 Å². The normalized spacial score (nSPS) is 16.6. The van der Waals surface area contributed by atoms with Crippen molar-refractivity contribution in [1.82, 2.24) is 9.80 Å². The van der Waals surface area contributed by atoms with Crippen LogP contribution in [-0.2, 0) is 4.74 Å². The molecule has 0 aromatic rings. The number of carbonyl (C=O) groups excluding carboxylic acids is 1. The molecule has 1 saturated heterocycles. The number of ether oxygens (including phenoxy) is 1. The molecule has 0 radical (unpaired) electrons. The SMILES string of the molecule is CCCCCCC(CCCCCC)N1CCCN(C(=O)OC(C)(C)C)CC1. The van der Waals surface area contributed by atoms with Gasteiger partial charge in [0.05, 0.1) is 0 Å². The predicted octanol–water partition coefficient (Wildman–Crippen LogP) is 6.24. The zero-order valence-electron chi connectivity index (χ0n) is 18.9. The average molecular weight is 383 g/mol. The number of carbonyl (C=O) groups is 1. The largest absolute Gasteiger partial charge is 0.444 e.